The fourth-order valence-electron chi connectivity index (χ4n) is 2.15. The minimum absolute atomic E-state index is 0.0466. The van der Waals surface area contributed by atoms with E-state index in [1.165, 1.54) is 18.2 Å². The second-order valence-electron chi connectivity index (χ2n) is 4.75. The third-order valence-electron chi connectivity index (χ3n) is 3.15. The molecule has 0 aliphatic carbocycles. The Balaban J connectivity index is 1.85. The molecule has 1 aromatic carbocycles. The normalized spacial score (nSPS) is 19.8. The molecular formula is C14H11FN2O3S. The molecule has 1 N–H and O–H groups in total. The summed E-state index contributed by atoms with van der Waals surface area (Å²) in [6.07, 6.45) is 1.41. The van der Waals surface area contributed by atoms with Crippen LogP contribution in [0.15, 0.2) is 41.8 Å². The zero-order chi connectivity index (χ0) is 15.0. The molecule has 21 heavy (non-hydrogen) atoms. The summed E-state index contributed by atoms with van der Waals surface area (Å²) in [5, 5.41) is 4.21. The van der Waals surface area contributed by atoms with Crippen molar-refractivity contribution in [2.24, 2.45) is 0 Å². The van der Waals surface area contributed by atoms with Gasteiger partial charge in [0.25, 0.3) is 5.91 Å². The molecule has 0 saturated heterocycles. The Labute approximate surface area is 120 Å². The first kappa shape index (κ1) is 13.7. The van der Waals surface area contributed by atoms with Crippen molar-refractivity contribution in [3.8, 4) is 0 Å². The molecule has 108 valence electrons. The number of amides is 1. The van der Waals surface area contributed by atoms with Crippen molar-refractivity contribution in [2.75, 3.05) is 5.75 Å². The molecule has 0 radical (unpaired) electrons. The first-order valence-electron chi connectivity index (χ1n) is 6.22. The number of benzene rings is 1. The van der Waals surface area contributed by atoms with Crippen LogP contribution in [0.2, 0.25) is 0 Å². The van der Waals surface area contributed by atoms with Crippen molar-refractivity contribution in [1.29, 1.82) is 0 Å². The number of para-hydroxylation sites is 1. The van der Waals surface area contributed by atoms with Crippen molar-refractivity contribution in [1.82, 2.24) is 10.3 Å². The molecule has 1 unspecified atom stereocenters. The van der Waals surface area contributed by atoms with Crippen molar-refractivity contribution in [2.45, 2.75) is 6.04 Å². The van der Waals surface area contributed by atoms with Gasteiger partial charge in [-0.05, 0) is 18.2 Å². The lowest BCUT2D eigenvalue weighted by Gasteiger charge is -2.10. The molecule has 3 rings (SSSR count). The summed E-state index contributed by atoms with van der Waals surface area (Å²) in [5.74, 6) is -1.21. The Morgan fingerprint density at radius 3 is 2.81 bits per heavy atom. The van der Waals surface area contributed by atoms with E-state index in [0.29, 0.717) is 5.39 Å². The van der Waals surface area contributed by atoms with Crippen LogP contribution < -0.4 is 5.32 Å². The lowest BCUT2D eigenvalue weighted by Crippen LogP contribution is -2.35. The number of hydrogen-bond acceptors (Lipinski definition) is 4. The highest BCUT2D eigenvalue weighted by atomic mass is 32.2. The van der Waals surface area contributed by atoms with Gasteiger partial charge >= 0.3 is 0 Å². The zero-order valence-corrected chi connectivity index (χ0v) is 11.6. The average molecular weight is 306 g/mol. The van der Waals surface area contributed by atoms with E-state index in [4.69, 9.17) is 0 Å². The number of halogens is 1. The van der Waals surface area contributed by atoms with E-state index in [1.54, 1.807) is 18.2 Å². The van der Waals surface area contributed by atoms with Gasteiger partial charge in [0.1, 0.15) is 17.0 Å². The number of carbonyl (C=O) groups is 1. The fraction of sp³-hybridized carbons (Fsp3) is 0.143. The molecule has 0 saturated carbocycles. The lowest BCUT2D eigenvalue weighted by molar-refractivity contribution is 0.0943. The molecule has 1 aromatic heterocycles. The van der Waals surface area contributed by atoms with Gasteiger partial charge in [0.05, 0.1) is 11.8 Å². The van der Waals surface area contributed by atoms with Crippen molar-refractivity contribution < 1.29 is 17.6 Å². The number of sulfone groups is 1. The first-order valence-corrected chi connectivity index (χ1v) is 7.93. The van der Waals surface area contributed by atoms with Crippen LogP contribution in [0.4, 0.5) is 4.39 Å². The summed E-state index contributed by atoms with van der Waals surface area (Å²) < 4.78 is 36.2. The molecule has 5 nitrogen and oxygen atoms in total. The third kappa shape index (κ3) is 2.78. The van der Waals surface area contributed by atoms with Gasteiger partial charge in [-0.1, -0.05) is 18.2 Å². The molecule has 7 heteroatoms. The Bertz CT molecular complexity index is 862. The summed E-state index contributed by atoms with van der Waals surface area (Å²) in [7, 11) is -3.24. The first-order chi connectivity index (χ1) is 9.94. The average Bonchev–Trinajstić information content (AvgIpc) is 2.78. The smallest absolute Gasteiger partial charge is 0.270 e. The number of pyridine rings is 1. The summed E-state index contributed by atoms with van der Waals surface area (Å²) in [6, 6.07) is 7.02. The van der Waals surface area contributed by atoms with Crippen LogP contribution in [0.1, 0.15) is 10.5 Å². The highest BCUT2D eigenvalue weighted by Gasteiger charge is 2.23. The minimum Gasteiger partial charge on any atom is -0.343 e. The van der Waals surface area contributed by atoms with Crippen LogP contribution in [-0.4, -0.2) is 31.1 Å². The van der Waals surface area contributed by atoms with Crippen molar-refractivity contribution in [3.63, 3.8) is 0 Å². The van der Waals surface area contributed by atoms with E-state index in [0.717, 1.165) is 5.41 Å². The molecule has 2 aromatic rings. The summed E-state index contributed by atoms with van der Waals surface area (Å²) >= 11 is 0. The zero-order valence-electron chi connectivity index (χ0n) is 10.8. The fourth-order valence-corrected chi connectivity index (χ4v) is 3.38. The molecule has 0 fully saturated rings. The number of nitrogens with zero attached hydrogens (tertiary/aromatic N) is 1. The number of aromatic nitrogens is 1. The number of carbonyl (C=O) groups excluding carboxylic acids is 1. The Hall–Kier alpha value is -2.28. The van der Waals surface area contributed by atoms with Gasteiger partial charge in [0.15, 0.2) is 9.84 Å². The number of nitrogens with one attached hydrogen (secondary N) is 1. The third-order valence-corrected chi connectivity index (χ3v) is 4.55. The second kappa shape index (κ2) is 4.92. The van der Waals surface area contributed by atoms with Crippen LogP contribution in [-0.2, 0) is 9.84 Å². The second-order valence-corrected chi connectivity index (χ2v) is 6.68. The molecule has 2 heterocycles. The van der Waals surface area contributed by atoms with E-state index >= 15 is 0 Å². The SMILES string of the molecule is O=C(NC1C=CS(=O)(=O)C1)c1ccc2cccc(F)c2n1. The maximum Gasteiger partial charge on any atom is 0.270 e. The van der Waals surface area contributed by atoms with E-state index in [1.807, 2.05) is 0 Å². The van der Waals surface area contributed by atoms with Gasteiger partial charge in [-0.3, -0.25) is 4.79 Å². The molecule has 1 atom stereocenters. The van der Waals surface area contributed by atoms with Crippen LogP contribution in [0.5, 0.6) is 0 Å². The quantitative estimate of drug-likeness (QED) is 0.910. The molecular weight excluding hydrogens is 295 g/mol. The molecule has 1 aliphatic rings. The van der Waals surface area contributed by atoms with Gasteiger partial charge in [0.2, 0.25) is 0 Å². The summed E-state index contributed by atoms with van der Waals surface area (Å²) in [6.45, 7) is 0. The van der Waals surface area contributed by atoms with E-state index in [9.17, 15) is 17.6 Å². The molecule has 0 bridgehead atoms. The predicted molar refractivity (Wildman–Crippen MR) is 75.9 cm³/mol. The van der Waals surface area contributed by atoms with E-state index in [-0.39, 0.29) is 17.0 Å². The van der Waals surface area contributed by atoms with Crippen LogP contribution in [0.3, 0.4) is 0 Å². The lowest BCUT2D eigenvalue weighted by atomic mass is 10.2. The largest absolute Gasteiger partial charge is 0.343 e. The van der Waals surface area contributed by atoms with Crippen LogP contribution >= 0.6 is 0 Å². The highest BCUT2D eigenvalue weighted by Crippen LogP contribution is 2.16. The van der Waals surface area contributed by atoms with Gasteiger partial charge < -0.3 is 5.32 Å². The number of rotatable bonds is 2. The minimum atomic E-state index is -3.24. The van der Waals surface area contributed by atoms with E-state index in [2.05, 4.69) is 10.3 Å². The number of fused-ring (bicyclic) bond motifs is 1. The summed E-state index contributed by atoms with van der Waals surface area (Å²) in [5.41, 5.74) is 0.157. The standard InChI is InChI=1S/C14H11FN2O3S/c15-11-3-1-2-9-4-5-12(17-13(9)11)14(18)16-10-6-7-21(19,20)8-10/h1-7,10H,8H2,(H,16,18). The Morgan fingerprint density at radius 1 is 1.29 bits per heavy atom. The molecule has 1 aliphatic heterocycles. The highest BCUT2D eigenvalue weighted by molar-refractivity contribution is 7.94. The van der Waals surface area contributed by atoms with Gasteiger partial charge in [-0.2, -0.15) is 0 Å². The number of hydrogen-bond donors (Lipinski definition) is 1. The van der Waals surface area contributed by atoms with Gasteiger partial charge in [-0.25, -0.2) is 17.8 Å². The predicted octanol–water partition coefficient (Wildman–Crippen LogP) is 1.41. The van der Waals surface area contributed by atoms with Crippen molar-refractivity contribution in [3.05, 3.63) is 53.3 Å². The van der Waals surface area contributed by atoms with Gasteiger partial charge in [0, 0.05) is 10.8 Å². The van der Waals surface area contributed by atoms with Crippen LogP contribution in [0, 0.1) is 5.82 Å². The Kier molecular flexibility index (Phi) is 3.21. The molecule has 1 amide bonds. The van der Waals surface area contributed by atoms with E-state index < -0.39 is 27.6 Å². The van der Waals surface area contributed by atoms with Crippen molar-refractivity contribution >= 4 is 26.6 Å². The van der Waals surface area contributed by atoms with Crippen LogP contribution in [0.25, 0.3) is 10.9 Å². The maximum absolute atomic E-state index is 13.7. The Morgan fingerprint density at radius 2 is 2.10 bits per heavy atom. The maximum atomic E-state index is 13.7. The molecule has 0 spiro atoms. The van der Waals surface area contributed by atoms with Gasteiger partial charge in [-0.15, -0.1) is 0 Å². The summed E-state index contributed by atoms with van der Waals surface area (Å²) in [4.78, 5) is 16.0. The monoisotopic (exact) mass is 306 g/mol. The topological polar surface area (TPSA) is 76.1 Å².